The van der Waals surface area contributed by atoms with E-state index in [-0.39, 0.29) is 23.4 Å². The molecule has 1 fully saturated rings. The molecular weight excluding hydrogens is 596 g/mol. The molecule has 1 saturated carbocycles. The van der Waals surface area contributed by atoms with Crippen molar-refractivity contribution in [2.75, 3.05) is 31.2 Å². The van der Waals surface area contributed by atoms with E-state index in [0.29, 0.717) is 42.7 Å². The molecule has 6 rings (SSSR count). The van der Waals surface area contributed by atoms with Gasteiger partial charge in [-0.15, -0.1) is 0 Å². The van der Waals surface area contributed by atoms with Crippen molar-refractivity contribution in [3.05, 3.63) is 70.3 Å². The second-order valence-electron chi connectivity index (χ2n) is 13.8. The van der Waals surface area contributed by atoms with Crippen LogP contribution in [-0.4, -0.2) is 51.0 Å². The van der Waals surface area contributed by atoms with Crippen LogP contribution in [0.15, 0.2) is 48.6 Å². The molecule has 1 amide bonds. The SMILES string of the molecule is CC[C@@]1(CO)/C=C/C[C@H](C)[C@@H](C)S(=O)(=O)NC(=O)c2ccc3c(c2)N(C[C@@H]2CC[C@H]21)C[C@@]1(CCCc2cc(Cl)ccc21)CO3. The molecule has 2 aliphatic heterocycles. The number of allylic oxidation sites excluding steroid dienone is 1. The quantitative estimate of drug-likeness (QED) is 0.376. The average Bonchev–Trinajstić information content (AvgIpc) is 3.14. The zero-order valence-electron chi connectivity index (χ0n) is 26.0. The van der Waals surface area contributed by atoms with Gasteiger partial charge in [0, 0.05) is 34.5 Å². The first-order chi connectivity index (χ1) is 21.0. The molecule has 238 valence electrons. The van der Waals surface area contributed by atoms with Gasteiger partial charge >= 0.3 is 0 Å². The average molecular weight is 641 g/mol. The number of aliphatic hydroxyl groups is 1. The number of benzene rings is 2. The number of carbonyl (C=O) groups excluding carboxylic acids is 1. The molecule has 6 atom stereocenters. The molecule has 7 nitrogen and oxygen atoms in total. The molecule has 4 aliphatic rings. The van der Waals surface area contributed by atoms with Gasteiger partial charge in [0.25, 0.3) is 5.91 Å². The Morgan fingerprint density at radius 3 is 2.70 bits per heavy atom. The third-order valence-corrected chi connectivity index (χ3v) is 13.5. The third kappa shape index (κ3) is 5.56. The van der Waals surface area contributed by atoms with Crippen molar-refractivity contribution in [1.82, 2.24) is 4.72 Å². The fourth-order valence-electron chi connectivity index (χ4n) is 8.16. The molecule has 2 aliphatic carbocycles. The minimum atomic E-state index is -3.92. The Hall–Kier alpha value is -2.55. The summed E-state index contributed by atoms with van der Waals surface area (Å²) in [6, 6.07) is 11.5. The predicted octanol–water partition coefficient (Wildman–Crippen LogP) is 6.27. The number of nitrogens with one attached hydrogen (secondary N) is 1. The number of fused-ring (bicyclic) bond motifs is 4. The van der Waals surface area contributed by atoms with Gasteiger partial charge in [0.15, 0.2) is 0 Å². The summed E-state index contributed by atoms with van der Waals surface area (Å²) in [5.41, 5.74) is 3.02. The topological polar surface area (TPSA) is 95.9 Å². The number of carbonyl (C=O) groups is 1. The number of nitrogens with zero attached hydrogens (tertiary/aromatic N) is 1. The van der Waals surface area contributed by atoms with Crippen molar-refractivity contribution in [3.63, 3.8) is 0 Å². The van der Waals surface area contributed by atoms with Crippen LogP contribution < -0.4 is 14.4 Å². The highest BCUT2D eigenvalue weighted by Crippen LogP contribution is 2.51. The smallest absolute Gasteiger partial charge is 0.264 e. The van der Waals surface area contributed by atoms with E-state index in [2.05, 4.69) is 40.8 Å². The lowest BCUT2D eigenvalue weighted by atomic mass is 9.58. The molecule has 0 radical (unpaired) electrons. The number of sulfonamides is 1. The Labute approximate surface area is 267 Å². The molecule has 2 aromatic carbocycles. The molecule has 44 heavy (non-hydrogen) atoms. The van der Waals surface area contributed by atoms with Gasteiger partial charge in [-0.25, -0.2) is 13.1 Å². The van der Waals surface area contributed by atoms with E-state index in [1.54, 1.807) is 19.1 Å². The first-order valence-corrected chi connectivity index (χ1v) is 18.1. The monoisotopic (exact) mass is 640 g/mol. The summed E-state index contributed by atoms with van der Waals surface area (Å²) in [4.78, 5) is 15.8. The van der Waals surface area contributed by atoms with Crippen molar-refractivity contribution < 1.29 is 23.1 Å². The van der Waals surface area contributed by atoms with Crippen LogP contribution in [0.1, 0.15) is 80.8 Å². The standard InChI is InChI=1S/C35H45ClN2O5S/c1-4-34(21-39)15-5-7-23(2)24(3)44(41,42)37-33(40)26-10-14-32-31(18-26)38(19-27-9-12-30(27)34)20-35(22-43-32)16-6-8-25-17-28(36)11-13-29(25)35/h5,10-11,13-15,17-18,23-24,27,30,39H,4,6-9,12,16,19-22H2,1-3H3,(H,37,40)/b15-5+/t23-,24+,27-,30+,34-,35-/m0/s1. The Balaban J connectivity index is 1.46. The van der Waals surface area contributed by atoms with Crippen molar-refractivity contribution >= 4 is 33.2 Å². The Kier molecular flexibility index (Phi) is 8.57. The summed E-state index contributed by atoms with van der Waals surface area (Å²) in [6.45, 7) is 7.72. The minimum absolute atomic E-state index is 0.0569. The lowest BCUT2D eigenvalue weighted by molar-refractivity contribution is 0.00785. The summed E-state index contributed by atoms with van der Waals surface area (Å²) in [5, 5.41) is 10.8. The molecule has 1 spiro atoms. The Morgan fingerprint density at radius 1 is 1.16 bits per heavy atom. The van der Waals surface area contributed by atoms with E-state index in [1.165, 1.54) is 11.1 Å². The normalized spacial score (nSPS) is 34.0. The van der Waals surface area contributed by atoms with Crippen molar-refractivity contribution in [2.24, 2.45) is 23.2 Å². The maximum absolute atomic E-state index is 13.4. The number of rotatable bonds is 2. The van der Waals surface area contributed by atoms with Crippen molar-refractivity contribution in [2.45, 2.75) is 76.4 Å². The van der Waals surface area contributed by atoms with E-state index >= 15 is 0 Å². The summed E-state index contributed by atoms with van der Waals surface area (Å²) >= 11 is 6.42. The fraction of sp³-hybridized carbons (Fsp3) is 0.571. The molecule has 0 aromatic heterocycles. The predicted molar refractivity (Wildman–Crippen MR) is 175 cm³/mol. The Morgan fingerprint density at radius 2 is 1.98 bits per heavy atom. The number of aliphatic hydroxyl groups excluding tert-OH is 1. The van der Waals surface area contributed by atoms with Gasteiger partial charge in [0.2, 0.25) is 10.0 Å². The molecular formula is C35H45ClN2O5S. The third-order valence-electron chi connectivity index (χ3n) is 11.3. The van der Waals surface area contributed by atoms with E-state index in [4.69, 9.17) is 16.3 Å². The van der Waals surface area contributed by atoms with Gasteiger partial charge in [-0.1, -0.05) is 43.7 Å². The lowest BCUT2D eigenvalue weighted by Crippen LogP contribution is -2.51. The highest BCUT2D eigenvalue weighted by Gasteiger charge is 2.48. The van der Waals surface area contributed by atoms with Crippen molar-refractivity contribution in [3.8, 4) is 5.75 Å². The highest BCUT2D eigenvalue weighted by molar-refractivity contribution is 7.90. The van der Waals surface area contributed by atoms with Crippen LogP contribution in [0.2, 0.25) is 5.02 Å². The van der Waals surface area contributed by atoms with Gasteiger partial charge in [-0.2, -0.15) is 0 Å². The van der Waals surface area contributed by atoms with Crippen LogP contribution in [0, 0.1) is 23.2 Å². The maximum atomic E-state index is 13.4. The van der Waals surface area contributed by atoms with Gasteiger partial charge in [0.05, 0.1) is 24.2 Å². The second kappa shape index (κ2) is 12.0. The summed E-state index contributed by atoms with van der Waals surface area (Å²) < 4.78 is 35.6. The number of hydrogen-bond acceptors (Lipinski definition) is 6. The van der Waals surface area contributed by atoms with Crippen LogP contribution >= 0.6 is 11.6 Å². The van der Waals surface area contributed by atoms with Crippen LogP contribution in [0.3, 0.4) is 0 Å². The number of amides is 1. The van der Waals surface area contributed by atoms with Crippen LogP contribution in [0.5, 0.6) is 5.75 Å². The first-order valence-electron chi connectivity index (χ1n) is 16.2. The highest BCUT2D eigenvalue weighted by atomic mass is 35.5. The van der Waals surface area contributed by atoms with E-state index in [1.807, 2.05) is 19.1 Å². The van der Waals surface area contributed by atoms with Crippen LogP contribution in [-0.2, 0) is 21.9 Å². The first kappa shape index (κ1) is 31.4. The van der Waals surface area contributed by atoms with Gasteiger partial charge in [-0.05, 0) is 111 Å². The molecule has 2 heterocycles. The molecule has 0 saturated heterocycles. The van der Waals surface area contributed by atoms with Crippen molar-refractivity contribution in [1.29, 1.82) is 0 Å². The van der Waals surface area contributed by atoms with Gasteiger partial charge in [0.1, 0.15) is 5.75 Å². The Bertz CT molecular complexity index is 1550. The van der Waals surface area contributed by atoms with Gasteiger partial charge < -0.3 is 14.7 Å². The molecule has 0 unspecified atom stereocenters. The fourth-order valence-corrected chi connectivity index (χ4v) is 9.64. The number of halogens is 1. The summed E-state index contributed by atoms with van der Waals surface area (Å²) in [7, 11) is -3.92. The maximum Gasteiger partial charge on any atom is 0.264 e. The summed E-state index contributed by atoms with van der Waals surface area (Å²) in [6.07, 6.45) is 10.7. The van der Waals surface area contributed by atoms with Crippen LogP contribution in [0.4, 0.5) is 5.69 Å². The molecule has 2 bridgehead atoms. The molecule has 2 aromatic rings. The van der Waals surface area contributed by atoms with E-state index in [9.17, 15) is 18.3 Å². The number of aryl methyl sites for hydroxylation is 1. The second-order valence-corrected chi connectivity index (χ2v) is 16.2. The minimum Gasteiger partial charge on any atom is -0.490 e. The number of anilines is 1. The van der Waals surface area contributed by atoms with E-state index < -0.39 is 21.2 Å². The number of hydrogen-bond donors (Lipinski definition) is 2. The largest absolute Gasteiger partial charge is 0.490 e. The molecule has 9 heteroatoms. The van der Waals surface area contributed by atoms with Crippen LogP contribution in [0.25, 0.3) is 0 Å². The summed E-state index contributed by atoms with van der Waals surface area (Å²) in [5.74, 6) is 0.508. The van der Waals surface area contributed by atoms with Gasteiger partial charge in [-0.3, -0.25) is 4.79 Å². The van der Waals surface area contributed by atoms with E-state index in [0.717, 1.165) is 55.8 Å². The lowest BCUT2D eigenvalue weighted by Gasteiger charge is -2.50. The zero-order valence-corrected chi connectivity index (χ0v) is 27.6. The molecule has 2 N–H and O–H groups in total. The zero-order chi connectivity index (χ0) is 31.3. The number of ether oxygens (including phenoxy) is 1.